The Bertz CT molecular complexity index is 1210. The van der Waals surface area contributed by atoms with Crippen LogP contribution in [0, 0.1) is 11.6 Å². The number of carbonyl (C=O) groups is 2. The highest BCUT2D eigenvalue weighted by molar-refractivity contribution is 8.00. The second-order valence-electron chi connectivity index (χ2n) is 8.84. The van der Waals surface area contributed by atoms with Crippen molar-refractivity contribution in [3.63, 3.8) is 0 Å². The Labute approximate surface area is 219 Å². The van der Waals surface area contributed by atoms with Crippen LogP contribution in [0.25, 0.3) is 0 Å². The van der Waals surface area contributed by atoms with E-state index < -0.39 is 11.6 Å². The summed E-state index contributed by atoms with van der Waals surface area (Å²) in [5, 5.41) is 2.78. The maximum atomic E-state index is 14.9. The van der Waals surface area contributed by atoms with Gasteiger partial charge in [-0.1, -0.05) is 32.6 Å². The van der Waals surface area contributed by atoms with Crippen LogP contribution in [0.5, 0.6) is 5.75 Å². The first-order valence-electron chi connectivity index (χ1n) is 12.4. The van der Waals surface area contributed by atoms with Crippen molar-refractivity contribution in [1.82, 2.24) is 5.32 Å². The van der Waals surface area contributed by atoms with E-state index >= 15 is 0 Å². The molecule has 0 unspecified atom stereocenters. The van der Waals surface area contributed by atoms with Crippen molar-refractivity contribution in [3.05, 3.63) is 77.2 Å². The predicted octanol–water partition coefficient (Wildman–Crippen LogP) is 6.48. The van der Waals surface area contributed by atoms with E-state index in [0.29, 0.717) is 28.5 Å². The molecule has 3 aromatic rings. The number of halogens is 2. The minimum absolute atomic E-state index is 0.104. The van der Waals surface area contributed by atoms with Gasteiger partial charge in [0.25, 0.3) is 5.91 Å². The lowest BCUT2D eigenvalue weighted by molar-refractivity contribution is -0.116. The van der Waals surface area contributed by atoms with Gasteiger partial charge in [-0.15, -0.1) is 11.8 Å². The molecule has 1 aliphatic rings. The second kappa shape index (κ2) is 12.8. The fraction of sp³-hybridized carbons (Fsp3) is 0.357. The average Bonchev–Trinajstić information content (AvgIpc) is 3.41. The van der Waals surface area contributed by atoms with Crippen LogP contribution in [-0.4, -0.2) is 24.2 Å². The maximum Gasteiger partial charge on any atom is 0.251 e. The molecule has 0 saturated heterocycles. The smallest absolute Gasteiger partial charge is 0.251 e. The highest BCUT2D eigenvalue weighted by Gasteiger charge is 2.28. The molecule has 0 fully saturated rings. The van der Waals surface area contributed by atoms with Crippen LogP contribution in [0.4, 0.5) is 14.5 Å². The molecule has 0 atom stereocenters. The summed E-state index contributed by atoms with van der Waals surface area (Å²) in [7, 11) is 0. The zero-order valence-corrected chi connectivity index (χ0v) is 21.5. The molecule has 2 amide bonds. The van der Waals surface area contributed by atoms with Crippen molar-refractivity contribution in [3.8, 4) is 5.75 Å². The van der Waals surface area contributed by atoms with Gasteiger partial charge in [-0.05, 0) is 36.8 Å². The van der Waals surface area contributed by atoms with Crippen LogP contribution >= 0.6 is 11.8 Å². The fourth-order valence-electron chi connectivity index (χ4n) is 4.07. The van der Waals surface area contributed by atoms with Crippen LogP contribution in [0.2, 0.25) is 0 Å². The normalized spacial score (nSPS) is 12.9. The molecular weight excluding hydrogens is 498 g/mol. The van der Waals surface area contributed by atoms with Crippen molar-refractivity contribution >= 4 is 29.3 Å². The summed E-state index contributed by atoms with van der Waals surface area (Å²) in [5.41, 5.74) is 0.720. The number of anilines is 1. The molecule has 1 N–H and O–H groups in total. The Morgan fingerprint density at radius 1 is 1.11 bits per heavy atom. The molecule has 0 saturated carbocycles. The first-order chi connectivity index (χ1) is 18.0. The summed E-state index contributed by atoms with van der Waals surface area (Å²) in [5.74, 6) is -1.21. The first-order valence-corrected chi connectivity index (χ1v) is 13.4. The van der Waals surface area contributed by atoms with Crippen molar-refractivity contribution in [2.75, 3.05) is 17.3 Å². The minimum atomic E-state index is -0.762. The van der Waals surface area contributed by atoms with Gasteiger partial charge in [-0.25, -0.2) is 8.78 Å². The number of amides is 2. The number of thioether (sulfide) groups is 1. The Kier molecular flexibility index (Phi) is 9.22. The van der Waals surface area contributed by atoms with E-state index in [4.69, 9.17) is 9.15 Å². The number of hydrogen-bond donors (Lipinski definition) is 1. The van der Waals surface area contributed by atoms with Gasteiger partial charge in [0, 0.05) is 28.2 Å². The van der Waals surface area contributed by atoms with Gasteiger partial charge >= 0.3 is 0 Å². The van der Waals surface area contributed by atoms with E-state index in [-0.39, 0.29) is 42.0 Å². The van der Waals surface area contributed by atoms with E-state index in [0.717, 1.165) is 32.1 Å². The topological polar surface area (TPSA) is 71.8 Å². The number of nitrogens with one attached hydrogen (secondary N) is 1. The SMILES string of the molecule is CCCCCCCOc1cc(F)c(CN2C(=O)CSc3cc(C(=O)NCc4ccco4)ccc32)c(F)c1. The zero-order valence-electron chi connectivity index (χ0n) is 20.7. The van der Waals surface area contributed by atoms with Crippen molar-refractivity contribution in [2.24, 2.45) is 0 Å². The summed E-state index contributed by atoms with van der Waals surface area (Å²) in [4.78, 5) is 27.3. The number of hydrogen-bond acceptors (Lipinski definition) is 5. The Hall–Kier alpha value is -3.33. The number of unbranched alkanes of at least 4 members (excludes halogenated alkanes) is 4. The molecule has 37 heavy (non-hydrogen) atoms. The quantitative estimate of drug-likeness (QED) is 0.273. The highest BCUT2D eigenvalue weighted by Crippen LogP contribution is 2.37. The molecule has 196 valence electrons. The van der Waals surface area contributed by atoms with Crippen LogP contribution < -0.4 is 15.0 Å². The number of fused-ring (bicyclic) bond motifs is 1. The van der Waals surface area contributed by atoms with Crippen molar-refractivity contribution in [2.45, 2.75) is 57.0 Å². The number of carbonyl (C=O) groups excluding carboxylic acids is 2. The van der Waals surface area contributed by atoms with E-state index in [1.54, 1.807) is 30.3 Å². The molecule has 6 nitrogen and oxygen atoms in total. The van der Waals surface area contributed by atoms with Crippen LogP contribution in [0.1, 0.15) is 60.7 Å². The third-order valence-electron chi connectivity index (χ3n) is 6.12. The lowest BCUT2D eigenvalue weighted by Gasteiger charge is -2.29. The molecule has 0 radical (unpaired) electrons. The van der Waals surface area contributed by atoms with Gasteiger partial charge in [-0.2, -0.15) is 0 Å². The molecule has 9 heteroatoms. The summed E-state index contributed by atoms with van der Waals surface area (Å²) in [6.07, 6.45) is 6.79. The average molecular weight is 529 g/mol. The van der Waals surface area contributed by atoms with Crippen LogP contribution in [-0.2, 0) is 17.9 Å². The lowest BCUT2D eigenvalue weighted by Crippen LogP contribution is -2.35. The Balaban J connectivity index is 1.43. The number of rotatable bonds is 12. The summed E-state index contributed by atoms with van der Waals surface area (Å²) in [6, 6.07) is 10.7. The molecule has 4 rings (SSSR count). The minimum Gasteiger partial charge on any atom is -0.493 e. The second-order valence-corrected chi connectivity index (χ2v) is 9.86. The third-order valence-corrected chi connectivity index (χ3v) is 7.14. The third kappa shape index (κ3) is 6.91. The number of furan rings is 1. The predicted molar refractivity (Wildman–Crippen MR) is 139 cm³/mol. The highest BCUT2D eigenvalue weighted by atomic mass is 32.2. The van der Waals surface area contributed by atoms with Gasteiger partial charge in [0.1, 0.15) is 23.1 Å². The first kappa shape index (κ1) is 26.7. The number of nitrogens with zero attached hydrogens (tertiary/aromatic N) is 1. The van der Waals surface area contributed by atoms with Gasteiger partial charge in [-0.3, -0.25) is 9.59 Å². The van der Waals surface area contributed by atoms with Crippen LogP contribution in [0.15, 0.2) is 58.0 Å². The molecule has 1 aliphatic heterocycles. The molecule has 0 bridgehead atoms. The van der Waals surface area contributed by atoms with Crippen LogP contribution in [0.3, 0.4) is 0 Å². The number of ether oxygens (including phenoxy) is 1. The van der Waals surface area contributed by atoms with Gasteiger partial charge in [0.15, 0.2) is 0 Å². The van der Waals surface area contributed by atoms with E-state index in [9.17, 15) is 18.4 Å². The van der Waals surface area contributed by atoms with Gasteiger partial charge in [0.05, 0.1) is 37.4 Å². The Morgan fingerprint density at radius 3 is 2.62 bits per heavy atom. The lowest BCUT2D eigenvalue weighted by atomic mass is 10.1. The Morgan fingerprint density at radius 2 is 1.89 bits per heavy atom. The molecule has 1 aromatic heterocycles. The molecule has 0 aliphatic carbocycles. The van der Waals surface area contributed by atoms with E-state index in [1.807, 2.05) is 0 Å². The molecule has 0 spiro atoms. The maximum absolute atomic E-state index is 14.9. The summed E-state index contributed by atoms with van der Waals surface area (Å²) >= 11 is 1.29. The van der Waals surface area contributed by atoms with Crippen molar-refractivity contribution in [1.29, 1.82) is 0 Å². The standard InChI is InChI=1S/C28H30F2N2O4S/c1-2-3-4-5-6-11-36-21-14-23(29)22(24(30)15-21)17-32-25-10-9-19(13-26(25)37-18-27(32)33)28(34)31-16-20-8-7-12-35-20/h7-10,12-15H,2-6,11,16-18H2,1H3,(H,31,34). The monoisotopic (exact) mass is 528 g/mol. The molecule has 2 aromatic carbocycles. The largest absolute Gasteiger partial charge is 0.493 e. The molecule has 2 heterocycles. The summed E-state index contributed by atoms with van der Waals surface area (Å²) < 4.78 is 40.6. The fourth-order valence-corrected chi connectivity index (χ4v) is 5.04. The molecular formula is C28H30F2N2O4S. The van der Waals surface area contributed by atoms with Gasteiger partial charge < -0.3 is 19.4 Å². The van der Waals surface area contributed by atoms with E-state index in [1.165, 1.54) is 35.1 Å². The van der Waals surface area contributed by atoms with Crippen molar-refractivity contribution < 1.29 is 27.5 Å². The zero-order chi connectivity index (χ0) is 26.2. The number of benzene rings is 2. The summed E-state index contributed by atoms with van der Waals surface area (Å²) in [6.45, 7) is 2.53. The van der Waals surface area contributed by atoms with Gasteiger partial charge in [0.2, 0.25) is 5.91 Å². The van der Waals surface area contributed by atoms with E-state index in [2.05, 4.69) is 12.2 Å².